The van der Waals surface area contributed by atoms with Crippen molar-refractivity contribution >= 4 is 23.6 Å². The lowest BCUT2D eigenvalue weighted by atomic mass is 9.86. The smallest absolute Gasteiger partial charge is 0.237 e. The van der Waals surface area contributed by atoms with Crippen LogP contribution in [0.4, 0.5) is 0 Å². The van der Waals surface area contributed by atoms with Gasteiger partial charge in [0, 0.05) is 26.2 Å². The maximum atomic E-state index is 12.4. The summed E-state index contributed by atoms with van der Waals surface area (Å²) in [5.74, 6) is 0.170. The van der Waals surface area contributed by atoms with Crippen molar-refractivity contribution in [3.05, 3.63) is 76.4 Å². The molecule has 0 radical (unpaired) electrons. The first kappa shape index (κ1) is 21.2. The Kier molecular flexibility index (Phi) is 6.51. The molecule has 32 heavy (non-hydrogen) atoms. The van der Waals surface area contributed by atoms with Gasteiger partial charge in [-0.15, -0.1) is 0 Å². The Morgan fingerprint density at radius 2 is 1.59 bits per heavy atom. The van der Waals surface area contributed by atoms with Crippen molar-refractivity contribution in [3.63, 3.8) is 0 Å². The number of fused-ring (bicyclic) bond motifs is 2. The molecule has 2 aromatic carbocycles. The lowest BCUT2D eigenvalue weighted by Gasteiger charge is -2.31. The zero-order chi connectivity index (χ0) is 21.8. The molecule has 4 heteroatoms. The molecule has 3 aliphatic rings. The average molecular weight is 428 g/mol. The van der Waals surface area contributed by atoms with Crippen molar-refractivity contribution < 1.29 is 4.79 Å². The molecule has 1 aliphatic carbocycles. The molecule has 2 N–H and O–H groups in total. The predicted molar refractivity (Wildman–Crippen MR) is 132 cm³/mol. The number of rotatable bonds is 4. The van der Waals surface area contributed by atoms with E-state index in [1.165, 1.54) is 34.2 Å². The summed E-state index contributed by atoms with van der Waals surface area (Å²) in [4.78, 5) is 14.9. The molecule has 2 fully saturated rings. The second-order valence-corrected chi connectivity index (χ2v) is 9.12. The first-order chi connectivity index (χ1) is 15.8. The number of nitrogens with one attached hydrogen (secondary N) is 2. The van der Waals surface area contributed by atoms with Crippen LogP contribution < -0.4 is 10.6 Å². The van der Waals surface area contributed by atoms with Crippen LogP contribution in [0.2, 0.25) is 0 Å². The number of likely N-dealkylation sites (tertiary alicyclic amines) is 1. The van der Waals surface area contributed by atoms with Gasteiger partial charge in [0.2, 0.25) is 5.91 Å². The Labute approximate surface area is 191 Å². The van der Waals surface area contributed by atoms with Gasteiger partial charge < -0.3 is 15.5 Å². The molecule has 0 saturated carbocycles. The molecule has 2 heterocycles. The van der Waals surface area contributed by atoms with Gasteiger partial charge in [-0.1, -0.05) is 72.7 Å². The van der Waals surface area contributed by atoms with E-state index in [-0.39, 0.29) is 11.9 Å². The van der Waals surface area contributed by atoms with Gasteiger partial charge in [0.05, 0.1) is 6.04 Å². The fraction of sp³-hybridized carbons (Fsp3) is 0.393. The first-order valence-electron chi connectivity index (χ1n) is 12.1. The van der Waals surface area contributed by atoms with E-state index in [4.69, 9.17) is 0 Å². The lowest BCUT2D eigenvalue weighted by Crippen LogP contribution is -2.48. The third kappa shape index (κ3) is 4.57. The number of amides is 1. The van der Waals surface area contributed by atoms with Crippen LogP contribution in [0, 0.1) is 0 Å². The van der Waals surface area contributed by atoms with E-state index in [9.17, 15) is 4.79 Å². The van der Waals surface area contributed by atoms with Gasteiger partial charge in [-0.25, -0.2) is 0 Å². The zero-order valence-electron chi connectivity index (χ0n) is 18.8. The molecule has 1 unspecified atom stereocenters. The third-order valence-corrected chi connectivity index (χ3v) is 7.07. The normalized spacial score (nSPS) is 20.9. The molecule has 2 aliphatic heterocycles. The van der Waals surface area contributed by atoms with Gasteiger partial charge in [-0.05, 0) is 60.1 Å². The number of hydrogen-bond acceptors (Lipinski definition) is 3. The van der Waals surface area contributed by atoms with E-state index < -0.39 is 0 Å². The summed E-state index contributed by atoms with van der Waals surface area (Å²) in [6, 6.07) is 17.5. The van der Waals surface area contributed by atoms with Gasteiger partial charge in [-0.3, -0.25) is 4.79 Å². The zero-order valence-corrected chi connectivity index (χ0v) is 18.8. The molecule has 4 nitrogen and oxygen atoms in total. The Morgan fingerprint density at radius 3 is 2.22 bits per heavy atom. The molecule has 2 aromatic rings. The highest BCUT2D eigenvalue weighted by molar-refractivity contribution is 5.94. The Hall–Kier alpha value is -2.69. The summed E-state index contributed by atoms with van der Waals surface area (Å²) in [5, 5.41) is 6.48. The van der Waals surface area contributed by atoms with Crippen LogP contribution in [0.3, 0.4) is 0 Å². The van der Waals surface area contributed by atoms with Crippen LogP contribution in [-0.4, -0.2) is 49.6 Å². The maximum Gasteiger partial charge on any atom is 0.237 e. The summed E-state index contributed by atoms with van der Waals surface area (Å²) in [5.41, 5.74) is 8.28. The van der Waals surface area contributed by atoms with Gasteiger partial charge in [0.25, 0.3) is 0 Å². The van der Waals surface area contributed by atoms with Crippen molar-refractivity contribution in [2.45, 2.75) is 38.1 Å². The standard InChI is InChI=1S/C28H33N3O/c32-28(26-11-5-6-16-29-26)30-17-20-31-18-14-23(15-19-31)27-24-9-3-1-7-21(24)12-13-22-8-2-4-10-25(22)27/h1-4,7-10,12-13,26,29H,5-6,11,14-20H2,(H,30,32). The molecular weight excluding hydrogens is 394 g/mol. The highest BCUT2D eigenvalue weighted by Crippen LogP contribution is 2.38. The summed E-state index contributed by atoms with van der Waals surface area (Å²) < 4.78 is 0. The number of benzene rings is 2. The van der Waals surface area contributed by atoms with E-state index in [2.05, 4.69) is 76.2 Å². The Balaban J connectivity index is 1.26. The lowest BCUT2D eigenvalue weighted by molar-refractivity contribution is -0.123. The SMILES string of the molecule is O=C(NCCN1CCC(=C2c3ccccc3C=Cc3ccccc32)CC1)C1CCCCN1. The van der Waals surface area contributed by atoms with Crippen LogP contribution in [0.5, 0.6) is 0 Å². The fourth-order valence-corrected chi connectivity index (χ4v) is 5.28. The molecule has 1 atom stereocenters. The molecular formula is C28H33N3O. The average Bonchev–Trinajstić information content (AvgIpc) is 3.02. The van der Waals surface area contributed by atoms with Crippen LogP contribution in [0.25, 0.3) is 17.7 Å². The second kappa shape index (κ2) is 9.85. The molecule has 0 spiro atoms. The number of hydrogen-bond donors (Lipinski definition) is 2. The maximum absolute atomic E-state index is 12.4. The van der Waals surface area contributed by atoms with Gasteiger partial charge in [-0.2, -0.15) is 0 Å². The number of carbonyl (C=O) groups is 1. The summed E-state index contributed by atoms with van der Waals surface area (Å²) in [6.07, 6.45) is 9.95. The van der Waals surface area contributed by atoms with E-state index >= 15 is 0 Å². The van der Waals surface area contributed by atoms with Crippen LogP contribution in [0.15, 0.2) is 54.1 Å². The molecule has 0 bridgehead atoms. The Bertz CT molecular complexity index is 971. The molecule has 2 saturated heterocycles. The Morgan fingerprint density at radius 1 is 0.938 bits per heavy atom. The van der Waals surface area contributed by atoms with Gasteiger partial charge in [0.1, 0.15) is 0 Å². The second-order valence-electron chi connectivity index (χ2n) is 9.12. The van der Waals surface area contributed by atoms with E-state index in [0.717, 1.165) is 58.4 Å². The minimum Gasteiger partial charge on any atom is -0.353 e. The van der Waals surface area contributed by atoms with Crippen LogP contribution in [-0.2, 0) is 4.79 Å². The molecule has 5 rings (SSSR count). The highest BCUT2D eigenvalue weighted by Gasteiger charge is 2.23. The minimum atomic E-state index is 0.00502. The summed E-state index contributed by atoms with van der Waals surface area (Å²) in [6.45, 7) is 4.72. The van der Waals surface area contributed by atoms with Gasteiger partial charge >= 0.3 is 0 Å². The number of nitrogens with zero attached hydrogens (tertiary/aromatic N) is 1. The van der Waals surface area contributed by atoms with Crippen molar-refractivity contribution in [2.75, 3.05) is 32.7 Å². The van der Waals surface area contributed by atoms with Crippen LogP contribution >= 0.6 is 0 Å². The number of carbonyl (C=O) groups excluding carboxylic acids is 1. The van der Waals surface area contributed by atoms with Gasteiger partial charge in [0.15, 0.2) is 0 Å². The van der Waals surface area contributed by atoms with Crippen molar-refractivity contribution in [2.24, 2.45) is 0 Å². The third-order valence-electron chi connectivity index (χ3n) is 7.07. The summed E-state index contributed by atoms with van der Waals surface area (Å²) in [7, 11) is 0. The molecule has 1 amide bonds. The largest absolute Gasteiger partial charge is 0.353 e. The quantitative estimate of drug-likeness (QED) is 0.652. The topological polar surface area (TPSA) is 44.4 Å². The monoisotopic (exact) mass is 427 g/mol. The van der Waals surface area contributed by atoms with Crippen molar-refractivity contribution in [1.82, 2.24) is 15.5 Å². The summed E-state index contributed by atoms with van der Waals surface area (Å²) >= 11 is 0. The number of piperidine rings is 2. The van der Waals surface area contributed by atoms with E-state index in [0.29, 0.717) is 0 Å². The molecule has 166 valence electrons. The van der Waals surface area contributed by atoms with E-state index in [1.54, 1.807) is 5.57 Å². The minimum absolute atomic E-state index is 0.00502. The molecule has 0 aromatic heterocycles. The first-order valence-corrected chi connectivity index (χ1v) is 12.1. The fourth-order valence-electron chi connectivity index (χ4n) is 5.28. The van der Waals surface area contributed by atoms with E-state index in [1.807, 2.05) is 0 Å². The van der Waals surface area contributed by atoms with Crippen LogP contribution in [0.1, 0.15) is 54.4 Å². The highest BCUT2D eigenvalue weighted by atomic mass is 16.2. The predicted octanol–water partition coefficient (Wildman–Crippen LogP) is 4.33. The van der Waals surface area contributed by atoms with Crippen molar-refractivity contribution in [1.29, 1.82) is 0 Å². The van der Waals surface area contributed by atoms with Crippen molar-refractivity contribution in [3.8, 4) is 0 Å².